The minimum absolute atomic E-state index is 0.121. The summed E-state index contributed by atoms with van der Waals surface area (Å²) in [4.78, 5) is 12.5. The Morgan fingerprint density at radius 1 is 1.30 bits per heavy atom. The Labute approximate surface area is 122 Å². The third-order valence-corrected chi connectivity index (χ3v) is 3.29. The normalized spacial score (nSPS) is 10.9. The van der Waals surface area contributed by atoms with Gasteiger partial charge in [-0.2, -0.15) is 10.2 Å². The average molecular weight is 293 g/mol. The van der Waals surface area contributed by atoms with Gasteiger partial charge in [0.1, 0.15) is 0 Å². The third-order valence-electron chi connectivity index (χ3n) is 2.98. The molecule has 0 aliphatic rings. The van der Waals surface area contributed by atoms with Crippen LogP contribution in [0.2, 0.25) is 0 Å². The molecule has 0 unspecified atom stereocenters. The molecule has 2 aromatic heterocycles. The summed E-state index contributed by atoms with van der Waals surface area (Å²) in [5.41, 5.74) is 1.22. The van der Waals surface area contributed by atoms with E-state index in [9.17, 15) is 4.79 Å². The van der Waals surface area contributed by atoms with Crippen LogP contribution in [0.5, 0.6) is 0 Å². The van der Waals surface area contributed by atoms with Crippen molar-refractivity contribution in [3.63, 3.8) is 0 Å². The van der Waals surface area contributed by atoms with Gasteiger partial charge in [-0.15, -0.1) is 0 Å². The molecule has 0 fully saturated rings. The van der Waals surface area contributed by atoms with Crippen molar-refractivity contribution in [3.05, 3.63) is 26.9 Å². The fraction of sp³-hybridized carbons (Fsp3) is 0.538. The number of hydrogen-bond acceptors (Lipinski definition) is 4. The molecule has 2 aromatic rings. The van der Waals surface area contributed by atoms with E-state index in [1.54, 1.807) is 6.07 Å². The highest BCUT2D eigenvalue weighted by molar-refractivity contribution is 7.71. The van der Waals surface area contributed by atoms with Crippen LogP contribution in [0.25, 0.3) is 11.4 Å². The van der Waals surface area contributed by atoms with Crippen molar-refractivity contribution in [2.45, 2.75) is 46.7 Å². The molecule has 0 bridgehead atoms. The first-order valence-corrected chi connectivity index (χ1v) is 7.23. The molecule has 0 aliphatic heterocycles. The van der Waals surface area contributed by atoms with Crippen molar-refractivity contribution in [1.82, 2.24) is 24.5 Å². The molecule has 0 atom stereocenters. The minimum Gasteiger partial charge on any atom is -0.300 e. The molecule has 0 spiro atoms. The lowest BCUT2D eigenvalue weighted by Crippen LogP contribution is -2.26. The van der Waals surface area contributed by atoms with Crippen LogP contribution in [0.4, 0.5) is 0 Å². The number of aryl methyl sites for hydroxylation is 2. The molecule has 0 amide bonds. The molecule has 6 nitrogen and oxygen atoms in total. The Kier molecular flexibility index (Phi) is 4.49. The Morgan fingerprint density at radius 3 is 2.65 bits per heavy atom. The second kappa shape index (κ2) is 6.13. The summed E-state index contributed by atoms with van der Waals surface area (Å²) >= 11 is 5.22. The summed E-state index contributed by atoms with van der Waals surface area (Å²) in [5, 5.41) is 11.2. The lowest BCUT2D eigenvalue weighted by atomic mass is 10.2. The number of aromatic nitrogens is 5. The highest BCUT2D eigenvalue weighted by Gasteiger charge is 2.15. The maximum atomic E-state index is 12.5. The van der Waals surface area contributed by atoms with Gasteiger partial charge in [-0.3, -0.25) is 9.89 Å². The molecule has 2 rings (SSSR count). The minimum atomic E-state index is -0.121. The van der Waals surface area contributed by atoms with Gasteiger partial charge in [0.25, 0.3) is 5.56 Å². The van der Waals surface area contributed by atoms with Crippen LogP contribution < -0.4 is 5.56 Å². The molecule has 0 saturated carbocycles. The van der Waals surface area contributed by atoms with Crippen molar-refractivity contribution >= 4 is 12.2 Å². The number of aromatic amines is 1. The van der Waals surface area contributed by atoms with E-state index in [0.29, 0.717) is 22.7 Å². The molecule has 7 heteroatoms. The smallest absolute Gasteiger partial charge is 0.277 e. The molecule has 2 heterocycles. The summed E-state index contributed by atoms with van der Waals surface area (Å²) in [6.07, 6.45) is 1.78. The Hall–Kier alpha value is -1.76. The average Bonchev–Trinajstić information content (AvgIpc) is 2.76. The van der Waals surface area contributed by atoms with Crippen molar-refractivity contribution in [2.24, 2.45) is 0 Å². The zero-order chi connectivity index (χ0) is 14.7. The van der Waals surface area contributed by atoms with Gasteiger partial charge in [0.2, 0.25) is 0 Å². The maximum absolute atomic E-state index is 12.5. The van der Waals surface area contributed by atoms with Crippen LogP contribution in [-0.4, -0.2) is 24.5 Å². The first kappa shape index (κ1) is 14.6. The zero-order valence-corrected chi connectivity index (χ0v) is 12.8. The van der Waals surface area contributed by atoms with Crippen molar-refractivity contribution < 1.29 is 0 Å². The van der Waals surface area contributed by atoms with Crippen LogP contribution in [0.1, 0.15) is 32.4 Å². The van der Waals surface area contributed by atoms with Crippen LogP contribution in [0.3, 0.4) is 0 Å². The quantitative estimate of drug-likeness (QED) is 0.859. The van der Waals surface area contributed by atoms with Gasteiger partial charge in [-0.1, -0.05) is 13.8 Å². The van der Waals surface area contributed by atoms with E-state index in [4.69, 9.17) is 12.2 Å². The van der Waals surface area contributed by atoms with Gasteiger partial charge in [0, 0.05) is 13.1 Å². The third kappa shape index (κ3) is 2.72. The predicted octanol–water partition coefficient (Wildman–Crippen LogP) is 2.29. The number of nitrogens with zero attached hydrogens (tertiary/aromatic N) is 4. The van der Waals surface area contributed by atoms with Crippen LogP contribution in [0, 0.1) is 11.7 Å². The summed E-state index contributed by atoms with van der Waals surface area (Å²) in [6.45, 7) is 7.29. The molecule has 108 valence electrons. The summed E-state index contributed by atoms with van der Waals surface area (Å²) in [7, 11) is 0. The highest BCUT2D eigenvalue weighted by atomic mass is 32.1. The number of nitrogens with one attached hydrogen (secondary N) is 1. The van der Waals surface area contributed by atoms with Crippen LogP contribution in [-0.2, 0) is 13.1 Å². The monoisotopic (exact) mass is 293 g/mol. The molecule has 0 saturated heterocycles. The highest BCUT2D eigenvalue weighted by Crippen LogP contribution is 2.14. The molecular formula is C13H19N5OS. The number of H-pyrrole nitrogens is 1. The largest absolute Gasteiger partial charge is 0.300 e. The van der Waals surface area contributed by atoms with E-state index < -0.39 is 0 Å². The number of hydrogen-bond donors (Lipinski definition) is 1. The second-order valence-corrected chi connectivity index (χ2v) is 5.12. The topological polar surface area (TPSA) is 68.5 Å². The first-order valence-electron chi connectivity index (χ1n) is 6.82. The molecular weight excluding hydrogens is 274 g/mol. The Morgan fingerprint density at radius 2 is 2.00 bits per heavy atom. The number of rotatable bonds is 5. The van der Waals surface area contributed by atoms with Gasteiger partial charge in [-0.05, 0) is 38.0 Å². The predicted molar refractivity (Wildman–Crippen MR) is 80.2 cm³/mol. The van der Waals surface area contributed by atoms with Gasteiger partial charge in [-0.25, -0.2) is 4.68 Å². The van der Waals surface area contributed by atoms with E-state index in [-0.39, 0.29) is 5.56 Å². The summed E-state index contributed by atoms with van der Waals surface area (Å²) < 4.78 is 3.90. The van der Waals surface area contributed by atoms with E-state index in [0.717, 1.165) is 25.1 Å². The molecule has 0 aliphatic carbocycles. The van der Waals surface area contributed by atoms with Crippen LogP contribution >= 0.6 is 12.2 Å². The second-order valence-electron chi connectivity index (χ2n) is 4.73. The van der Waals surface area contributed by atoms with Gasteiger partial charge in [0.15, 0.2) is 10.6 Å². The molecule has 1 N–H and O–H groups in total. The van der Waals surface area contributed by atoms with Gasteiger partial charge >= 0.3 is 0 Å². The summed E-state index contributed by atoms with van der Waals surface area (Å²) in [5.74, 6) is 0.595. The van der Waals surface area contributed by atoms with Crippen LogP contribution in [0.15, 0.2) is 10.9 Å². The Bertz CT molecular complexity index is 712. The lowest BCUT2D eigenvalue weighted by Gasteiger charge is -2.08. The lowest BCUT2D eigenvalue weighted by molar-refractivity contribution is 0.561. The van der Waals surface area contributed by atoms with Gasteiger partial charge in [0.05, 0.1) is 11.3 Å². The first-order chi connectivity index (χ1) is 9.58. The standard InChI is InChI=1S/C13H19N5OS/c1-4-6-17-11(14-15-13(17)20)10-8-9(3)16-18(7-5-2)12(10)19/h8H,4-7H2,1-3H3,(H,15,20). The SMILES string of the molecule is CCCn1nc(C)cc(-c2n[nH]c(=S)n2CCC)c1=O. The molecule has 20 heavy (non-hydrogen) atoms. The van der Waals surface area contributed by atoms with Gasteiger partial charge < -0.3 is 4.57 Å². The summed E-state index contributed by atoms with van der Waals surface area (Å²) in [6, 6.07) is 1.77. The maximum Gasteiger partial charge on any atom is 0.277 e. The van der Waals surface area contributed by atoms with E-state index in [1.807, 2.05) is 18.4 Å². The van der Waals surface area contributed by atoms with E-state index >= 15 is 0 Å². The fourth-order valence-corrected chi connectivity index (χ4v) is 2.38. The van der Waals surface area contributed by atoms with E-state index in [2.05, 4.69) is 22.2 Å². The molecule has 0 aromatic carbocycles. The zero-order valence-electron chi connectivity index (χ0n) is 12.0. The molecule has 0 radical (unpaired) electrons. The van der Waals surface area contributed by atoms with Crippen molar-refractivity contribution in [2.75, 3.05) is 0 Å². The van der Waals surface area contributed by atoms with Crippen molar-refractivity contribution in [1.29, 1.82) is 0 Å². The fourth-order valence-electron chi connectivity index (χ4n) is 2.15. The van der Waals surface area contributed by atoms with E-state index in [1.165, 1.54) is 4.68 Å². The van der Waals surface area contributed by atoms with Crippen molar-refractivity contribution in [3.8, 4) is 11.4 Å². The Balaban J connectivity index is 2.64.